The van der Waals surface area contributed by atoms with Gasteiger partial charge in [0.05, 0.1) is 55.6 Å². The number of hydrogen-bond acceptors (Lipinski definition) is 7. The molecular formula is C38H41N7O6. The lowest BCUT2D eigenvalue weighted by Gasteiger charge is -2.30. The molecule has 5 aromatic rings. The zero-order valence-electron chi connectivity index (χ0n) is 28.7. The van der Waals surface area contributed by atoms with E-state index in [-0.39, 0.29) is 24.4 Å². The quantitative estimate of drug-likeness (QED) is 0.129. The summed E-state index contributed by atoms with van der Waals surface area (Å²) in [5, 5.41) is 24.4. The van der Waals surface area contributed by atoms with Crippen molar-refractivity contribution in [1.82, 2.24) is 35.1 Å². The Bertz CT molecular complexity index is 2070. The maximum absolute atomic E-state index is 13.5. The van der Waals surface area contributed by atoms with Gasteiger partial charge in [0.1, 0.15) is 17.7 Å². The normalized spacial score (nSPS) is 19.5. The van der Waals surface area contributed by atoms with Gasteiger partial charge >= 0.3 is 12.2 Å². The van der Waals surface area contributed by atoms with Crippen LogP contribution in [0.25, 0.3) is 44.4 Å². The van der Waals surface area contributed by atoms with Gasteiger partial charge in [0.2, 0.25) is 5.91 Å². The number of amides is 3. The van der Waals surface area contributed by atoms with E-state index in [2.05, 4.69) is 61.7 Å². The molecule has 4 atom stereocenters. The first-order valence-electron chi connectivity index (χ1n) is 17.2. The van der Waals surface area contributed by atoms with Gasteiger partial charge in [-0.25, -0.2) is 19.6 Å². The molecule has 13 nitrogen and oxygen atoms in total. The number of aromatic nitrogens is 4. The predicted octanol–water partition coefficient (Wildman–Crippen LogP) is 6.12. The molecule has 2 aliphatic heterocycles. The molecule has 0 bridgehead atoms. The van der Waals surface area contributed by atoms with Crippen LogP contribution in [0.2, 0.25) is 0 Å². The second-order valence-corrected chi connectivity index (χ2v) is 13.6. The van der Waals surface area contributed by atoms with E-state index in [9.17, 15) is 24.6 Å². The summed E-state index contributed by atoms with van der Waals surface area (Å²) in [5.41, 5.74) is 5.67. The van der Waals surface area contributed by atoms with Gasteiger partial charge < -0.3 is 35.1 Å². The maximum atomic E-state index is 13.5. The van der Waals surface area contributed by atoms with Crippen LogP contribution in [0.4, 0.5) is 9.59 Å². The Morgan fingerprint density at radius 2 is 1.43 bits per heavy atom. The zero-order chi connectivity index (χ0) is 35.8. The summed E-state index contributed by atoms with van der Waals surface area (Å²) in [6.07, 6.45) is 3.03. The number of carboxylic acid groups (broad SMARTS) is 1. The number of rotatable bonds is 8. The minimum atomic E-state index is -1.07. The van der Waals surface area contributed by atoms with Crippen LogP contribution in [0.3, 0.4) is 0 Å². The molecule has 13 heteroatoms. The van der Waals surface area contributed by atoms with Crippen LogP contribution in [0, 0.1) is 5.92 Å². The van der Waals surface area contributed by atoms with Gasteiger partial charge in [-0.05, 0) is 58.4 Å². The van der Waals surface area contributed by atoms with E-state index >= 15 is 0 Å². The van der Waals surface area contributed by atoms with Gasteiger partial charge in [-0.3, -0.25) is 9.69 Å². The van der Waals surface area contributed by atoms with Gasteiger partial charge in [0.25, 0.3) is 0 Å². The lowest BCUT2D eigenvalue weighted by molar-refractivity contribution is -0.135. The Balaban J connectivity index is 1.05. The number of carbonyl (C=O) groups excluding carboxylic acids is 2. The van der Waals surface area contributed by atoms with Crippen LogP contribution < -0.4 is 5.32 Å². The highest BCUT2D eigenvalue weighted by molar-refractivity contribution is 5.91. The van der Waals surface area contributed by atoms with Crippen molar-refractivity contribution in [2.24, 2.45) is 5.92 Å². The average Bonchev–Trinajstić information content (AvgIpc) is 3.96. The van der Waals surface area contributed by atoms with Crippen LogP contribution >= 0.6 is 0 Å². The first-order valence-corrected chi connectivity index (χ1v) is 17.2. The summed E-state index contributed by atoms with van der Waals surface area (Å²) in [5.74, 6) is 0.999. The third-order valence-electron chi connectivity index (χ3n) is 9.95. The summed E-state index contributed by atoms with van der Waals surface area (Å²) >= 11 is 0. The van der Waals surface area contributed by atoms with Crippen molar-refractivity contribution in [3.05, 3.63) is 84.7 Å². The molecular weight excluding hydrogens is 650 g/mol. The molecule has 0 spiro atoms. The number of alkyl carbamates (subject to hydrolysis) is 1. The molecule has 264 valence electrons. The van der Waals surface area contributed by atoms with Crippen LogP contribution in [-0.4, -0.2) is 90.4 Å². The molecule has 4 heterocycles. The number of aliphatic hydroxyl groups excluding tert-OH is 1. The third kappa shape index (κ3) is 6.76. The monoisotopic (exact) mass is 691 g/mol. The lowest BCUT2D eigenvalue weighted by Crippen LogP contribution is -2.51. The van der Waals surface area contributed by atoms with Crippen LogP contribution in [-0.2, 0) is 9.53 Å². The number of methoxy groups -OCH3 is 1. The third-order valence-corrected chi connectivity index (χ3v) is 9.95. The molecule has 0 saturated carbocycles. The highest BCUT2D eigenvalue weighted by Crippen LogP contribution is 2.35. The molecule has 51 heavy (non-hydrogen) atoms. The zero-order valence-corrected chi connectivity index (χ0v) is 28.7. The number of aliphatic hydroxyl groups is 1. The number of nitrogens with zero attached hydrogens (tertiary/aromatic N) is 4. The number of aromatic amines is 2. The predicted molar refractivity (Wildman–Crippen MR) is 190 cm³/mol. The van der Waals surface area contributed by atoms with E-state index in [0.29, 0.717) is 18.8 Å². The number of ether oxygens (including phenoxy) is 1. The van der Waals surface area contributed by atoms with E-state index < -0.39 is 30.4 Å². The SMILES string of the molecule is COC(=O)NC(C(=O)N1CCCC1c1ncc(-c2ccc3cc(-c4ccc(-c5cnc(C6CC(O)CN6C(=O)O)[nH]5)cc4)ccc3c2)[nH]1)C(C)C. The highest BCUT2D eigenvalue weighted by atomic mass is 16.5. The molecule has 3 amide bonds. The molecule has 0 aliphatic carbocycles. The molecule has 7 rings (SSSR count). The van der Waals surface area contributed by atoms with Crippen LogP contribution in [0.5, 0.6) is 0 Å². The standard InChI is InChI=1S/C38H41N7O6/c1-21(2)33(43-37(48)51-3)36(47)44-14-4-5-31(44)34-39-19-30(42-34)27-13-12-25-15-24(10-11-26(25)16-27)22-6-8-23(9-7-22)29-18-40-35(41-29)32-17-28(46)20-45(32)38(49)50/h6-13,15-16,18-19,21,28,31-33,46H,4-5,14,17,20H2,1-3H3,(H,39,42)(H,40,41)(H,43,48)(H,49,50). The van der Waals surface area contributed by atoms with Crippen molar-refractivity contribution in [2.45, 2.75) is 57.3 Å². The Labute approximate surface area is 294 Å². The van der Waals surface area contributed by atoms with Gasteiger partial charge in [-0.2, -0.15) is 0 Å². The Kier molecular flexibility index (Phi) is 9.21. The van der Waals surface area contributed by atoms with Crippen LogP contribution in [0.15, 0.2) is 73.1 Å². The van der Waals surface area contributed by atoms with Crippen molar-refractivity contribution >= 4 is 28.9 Å². The molecule has 3 aromatic carbocycles. The van der Waals surface area contributed by atoms with Gasteiger partial charge in [0, 0.05) is 18.5 Å². The molecule has 2 aliphatic rings. The number of hydrogen-bond donors (Lipinski definition) is 5. The van der Waals surface area contributed by atoms with E-state index in [1.54, 1.807) is 11.1 Å². The Morgan fingerprint density at radius 3 is 2.08 bits per heavy atom. The molecule has 2 aromatic heterocycles. The van der Waals surface area contributed by atoms with E-state index in [1.807, 2.05) is 44.3 Å². The van der Waals surface area contributed by atoms with Gasteiger partial charge in [-0.1, -0.05) is 62.4 Å². The lowest BCUT2D eigenvalue weighted by atomic mass is 9.98. The molecule has 4 unspecified atom stereocenters. The number of benzene rings is 3. The number of nitrogens with one attached hydrogen (secondary N) is 3. The van der Waals surface area contributed by atoms with Crippen molar-refractivity contribution in [2.75, 3.05) is 20.2 Å². The fourth-order valence-electron chi connectivity index (χ4n) is 7.22. The van der Waals surface area contributed by atoms with Crippen LogP contribution in [0.1, 0.15) is 56.8 Å². The van der Waals surface area contributed by atoms with Gasteiger partial charge in [0.15, 0.2) is 0 Å². The minimum Gasteiger partial charge on any atom is -0.465 e. The second-order valence-electron chi connectivity index (χ2n) is 13.6. The smallest absolute Gasteiger partial charge is 0.408 e. The molecule has 0 radical (unpaired) electrons. The maximum Gasteiger partial charge on any atom is 0.408 e. The molecule has 2 fully saturated rings. The summed E-state index contributed by atoms with van der Waals surface area (Å²) in [6.45, 7) is 4.46. The largest absolute Gasteiger partial charge is 0.465 e. The fraction of sp³-hybridized carbons (Fsp3) is 0.342. The van der Waals surface area contributed by atoms with E-state index in [1.165, 1.54) is 12.0 Å². The fourth-order valence-corrected chi connectivity index (χ4v) is 7.22. The second kappa shape index (κ2) is 13.9. The summed E-state index contributed by atoms with van der Waals surface area (Å²) in [4.78, 5) is 55.9. The van der Waals surface area contributed by atoms with E-state index in [0.717, 1.165) is 63.1 Å². The number of β-amino-alcohol motifs (C(OH)–C–C–N with tert-alkyl or cyclic N) is 1. The van der Waals surface area contributed by atoms with Crippen molar-refractivity contribution in [3.8, 4) is 33.6 Å². The topological polar surface area (TPSA) is 177 Å². The van der Waals surface area contributed by atoms with Crippen molar-refractivity contribution < 1.29 is 29.3 Å². The number of H-pyrrole nitrogens is 2. The number of likely N-dealkylation sites (tertiary alicyclic amines) is 2. The molecule has 2 saturated heterocycles. The number of imidazole rings is 2. The van der Waals surface area contributed by atoms with E-state index in [4.69, 9.17) is 4.74 Å². The summed E-state index contributed by atoms with van der Waals surface area (Å²) in [6, 6.07) is 19.3. The first-order chi connectivity index (χ1) is 24.6. The average molecular weight is 692 g/mol. The summed E-state index contributed by atoms with van der Waals surface area (Å²) in [7, 11) is 1.29. The summed E-state index contributed by atoms with van der Waals surface area (Å²) < 4.78 is 4.75. The minimum absolute atomic E-state index is 0.0729. The van der Waals surface area contributed by atoms with Crippen molar-refractivity contribution in [1.29, 1.82) is 0 Å². The Hall–Kier alpha value is -5.69. The Morgan fingerprint density at radius 1 is 0.843 bits per heavy atom. The highest BCUT2D eigenvalue weighted by Gasteiger charge is 2.38. The molecule has 5 N–H and O–H groups in total. The number of fused-ring (bicyclic) bond motifs is 1. The first kappa shape index (κ1) is 33.8. The van der Waals surface area contributed by atoms with Gasteiger partial charge in [-0.15, -0.1) is 0 Å². The number of carbonyl (C=O) groups is 3. The van der Waals surface area contributed by atoms with Crippen molar-refractivity contribution in [3.63, 3.8) is 0 Å².